The molecule has 0 spiro atoms. The van der Waals surface area contributed by atoms with Gasteiger partial charge in [-0.05, 0) is 49.7 Å². The number of rotatable bonds is 5. The molecule has 148 valence electrons. The van der Waals surface area contributed by atoms with E-state index in [0.29, 0.717) is 4.91 Å². The highest BCUT2D eigenvalue weighted by molar-refractivity contribution is 8.18. The Morgan fingerprint density at radius 3 is 2.66 bits per heavy atom. The Morgan fingerprint density at radius 1 is 1.10 bits per heavy atom. The summed E-state index contributed by atoms with van der Waals surface area (Å²) in [6, 6.07) is 16.6. The molecule has 0 unspecified atom stereocenters. The summed E-state index contributed by atoms with van der Waals surface area (Å²) in [5, 5.41) is 0.898. The fourth-order valence-corrected chi connectivity index (χ4v) is 4.63. The van der Waals surface area contributed by atoms with Gasteiger partial charge in [-0.1, -0.05) is 55.0 Å². The Balaban J connectivity index is 1.73. The van der Waals surface area contributed by atoms with E-state index < -0.39 is 0 Å². The van der Waals surface area contributed by atoms with E-state index in [1.54, 1.807) is 0 Å². The third-order valence-electron chi connectivity index (χ3n) is 5.40. The van der Waals surface area contributed by atoms with E-state index in [4.69, 9.17) is 0 Å². The number of fused-ring (bicyclic) bond motifs is 1. The predicted octanol–water partition coefficient (Wildman–Crippen LogP) is 5.83. The van der Waals surface area contributed by atoms with Gasteiger partial charge in [-0.25, -0.2) is 0 Å². The monoisotopic (exact) mass is 404 g/mol. The van der Waals surface area contributed by atoms with Gasteiger partial charge >= 0.3 is 0 Å². The maximum atomic E-state index is 12.8. The molecule has 1 fully saturated rings. The van der Waals surface area contributed by atoms with Crippen molar-refractivity contribution in [2.75, 3.05) is 0 Å². The van der Waals surface area contributed by atoms with Crippen molar-refractivity contribution < 1.29 is 9.59 Å². The van der Waals surface area contributed by atoms with E-state index in [-0.39, 0.29) is 17.2 Å². The zero-order valence-electron chi connectivity index (χ0n) is 16.9. The van der Waals surface area contributed by atoms with Crippen molar-refractivity contribution >= 4 is 39.9 Å². The van der Waals surface area contributed by atoms with Gasteiger partial charge in [0.25, 0.3) is 11.1 Å². The van der Waals surface area contributed by atoms with Crippen LogP contribution in [0.25, 0.3) is 17.0 Å². The SMILES string of the molecule is CC[C@H](C)N1C(=O)S/C(=C/c2cn(Cc3cccc(C)c3)c3ccccc23)C1=O. The first-order chi connectivity index (χ1) is 14.0. The van der Waals surface area contributed by atoms with Gasteiger partial charge in [0.2, 0.25) is 0 Å². The lowest BCUT2D eigenvalue weighted by molar-refractivity contribution is -0.124. The van der Waals surface area contributed by atoms with Crippen LogP contribution in [-0.4, -0.2) is 26.7 Å². The molecule has 0 bridgehead atoms. The second-order valence-electron chi connectivity index (χ2n) is 7.53. The molecule has 2 aromatic carbocycles. The van der Waals surface area contributed by atoms with Crippen molar-refractivity contribution in [3.63, 3.8) is 0 Å². The normalized spacial score (nSPS) is 16.9. The highest BCUT2D eigenvalue weighted by Crippen LogP contribution is 2.35. The van der Waals surface area contributed by atoms with Crippen LogP contribution in [0.15, 0.2) is 59.6 Å². The average molecular weight is 405 g/mol. The summed E-state index contributed by atoms with van der Waals surface area (Å²) in [6.07, 6.45) is 4.69. The number of hydrogen-bond donors (Lipinski definition) is 0. The van der Waals surface area contributed by atoms with Gasteiger partial charge in [-0.15, -0.1) is 0 Å². The van der Waals surface area contributed by atoms with E-state index >= 15 is 0 Å². The van der Waals surface area contributed by atoms with Crippen LogP contribution in [0.4, 0.5) is 4.79 Å². The Bertz CT molecular complexity index is 1130. The van der Waals surface area contributed by atoms with Crippen LogP contribution in [0.5, 0.6) is 0 Å². The van der Waals surface area contributed by atoms with E-state index in [0.717, 1.165) is 41.2 Å². The molecule has 1 aliphatic rings. The molecule has 1 atom stereocenters. The summed E-state index contributed by atoms with van der Waals surface area (Å²) in [6.45, 7) is 6.74. The molecule has 1 saturated heterocycles. The van der Waals surface area contributed by atoms with E-state index in [2.05, 4.69) is 54.1 Å². The van der Waals surface area contributed by atoms with Crippen LogP contribution in [0.2, 0.25) is 0 Å². The molecule has 0 saturated carbocycles. The number of benzene rings is 2. The highest BCUT2D eigenvalue weighted by atomic mass is 32.2. The standard InChI is InChI=1S/C24H24N2O2S/c1-4-17(3)26-23(27)22(29-24(26)28)13-19-15-25(21-11-6-5-10-20(19)21)14-18-9-7-8-16(2)12-18/h5-13,15,17H,4,14H2,1-3H3/b22-13+/t17-/m0/s1. The van der Waals surface area contributed by atoms with Crippen LogP contribution >= 0.6 is 11.8 Å². The highest BCUT2D eigenvalue weighted by Gasteiger charge is 2.37. The van der Waals surface area contributed by atoms with Crippen molar-refractivity contribution in [1.29, 1.82) is 0 Å². The molecule has 0 radical (unpaired) electrons. The fraction of sp³-hybridized carbons (Fsp3) is 0.250. The molecular formula is C24H24N2O2S. The Morgan fingerprint density at radius 2 is 1.90 bits per heavy atom. The number of carbonyl (C=O) groups is 2. The van der Waals surface area contributed by atoms with Gasteiger partial charge in [0.1, 0.15) is 0 Å². The number of nitrogens with zero attached hydrogens (tertiary/aromatic N) is 2. The lowest BCUT2D eigenvalue weighted by Gasteiger charge is -2.19. The zero-order valence-corrected chi connectivity index (χ0v) is 17.7. The first-order valence-corrected chi connectivity index (χ1v) is 10.7. The molecule has 4 nitrogen and oxygen atoms in total. The van der Waals surface area contributed by atoms with Gasteiger partial charge in [0, 0.05) is 35.2 Å². The summed E-state index contributed by atoms with van der Waals surface area (Å²) >= 11 is 1.03. The lowest BCUT2D eigenvalue weighted by Crippen LogP contribution is -2.36. The molecule has 2 heterocycles. The Kier molecular flexibility index (Phi) is 5.33. The smallest absolute Gasteiger partial charge is 0.293 e. The minimum Gasteiger partial charge on any atom is -0.342 e. The molecule has 5 heteroatoms. The first kappa shape index (κ1) is 19.5. The maximum absolute atomic E-state index is 12.8. The molecule has 1 aromatic heterocycles. The van der Waals surface area contributed by atoms with E-state index in [1.807, 2.05) is 32.1 Å². The largest absolute Gasteiger partial charge is 0.342 e. The first-order valence-electron chi connectivity index (χ1n) is 9.88. The number of aryl methyl sites for hydroxylation is 1. The van der Waals surface area contributed by atoms with Crippen molar-refractivity contribution in [3.8, 4) is 0 Å². The lowest BCUT2D eigenvalue weighted by atomic mass is 10.1. The van der Waals surface area contributed by atoms with Crippen LogP contribution in [-0.2, 0) is 11.3 Å². The van der Waals surface area contributed by atoms with E-state index in [9.17, 15) is 9.59 Å². The number of hydrogen-bond acceptors (Lipinski definition) is 3. The zero-order chi connectivity index (χ0) is 20.5. The summed E-state index contributed by atoms with van der Waals surface area (Å²) in [7, 11) is 0. The van der Waals surface area contributed by atoms with Gasteiger partial charge in [-0.2, -0.15) is 0 Å². The third kappa shape index (κ3) is 3.75. The number of carbonyl (C=O) groups excluding carboxylic acids is 2. The van der Waals surface area contributed by atoms with Crippen LogP contribution in [0, 0.1) is 6.92 Å². The summed E-state index contributed by atoms with van der Waals surface area (Å²) in [4.78, 5) is 27.0. The summed E-state index contributed by atoms with van der Waals surface area (Å²) < 4.78 is 2.20. The maximum Gasteiger partial charge on any atom is 0.293 e. The molecule has 2 amide bonds. The quantitative estimate of drug-likeness (QED) is 0.502. The van der Waals surface area contributed by atoms with Crippen molar-refractivity contribution in [2.45, 2.75) is 39.8 Å². The second-order valence-corrected chi connectivity index (χ2v) is 8.52. The fourth-order valence-electron chi connectivity index (χ4n) is 3.71. The van der Waals surface area contributed by atoms with Gasteiger partial charge in [-0.3, -0.25) is 14.5 Å². The van der Waals surface area contributed by atoms with Gasteiger partial charge < -0.3 is 4.57 Å². The van der Waals surface area contributed by atoms with Crippen molar-refractivity contribution in [2.24, 2.45) is 0 Å². The van der Waals surface area contributed by atoms with Crippen molar-refractivity contribution in [1.82, 2.24) is 9.47 Å². The molecule has 29 heavy (non-hydrogen) atoms. The number of para-hydroxylation sites is 1. The van der Waals surface area contributed by atoms with Gasteiger partial charge in [0.15, 0.2) is 0 Å². The number of amides is 2. The van der Waals surface area contributed by atoms with Gasteiger partial charge in [0.05, 0.1) is 4.91 Å². The molecule has 0 N–H and O–H groups in total. The summed E-state index contributed by atoms with van der Waals surface area (Å²) in [5.74, 6) is -0.190. The molecule has 1 aliphatic heterocycles. The molecule has 0 aliphatic carbocycles. The van der Waals surface area contributed by atoms with Crippen LogP contribution < -0.4 is 0 Å². The molecule has 3 aromatic rings. The Labute approximate surface area is 175 Å². The van der Waals surface area contributed by atoms with Crippen molar-refractivity contribution in [3.05, 3.63) is 76.3 Å². The number of imide groups is 1. The third-order valence-corrected chi connectivity index (χ3v) is 6.28. The van der Waals surface area contributed by atoms with E-state index in [1.165, 1.54) is 16.0 Å². The topological polar surface area (TPSA) is 42.3 Å². The minimum atomic E-state index is -0.190. The minimum absolute atomic E-state index is 0.0870. The van der Waals surface area contributed by atoms with Crippen LogP contribution in [0.3, 0.4) is 0 Å². The summed E-state index contributed by atoms with van der Waals surface area (Å²) in [5.41, 5.74) is 4.54. The second kappa shape index (κ2) is 7.91. The van der Waals surface area contributed by atoms with Crippen LogP contribution in [0.1, 0.15) is 37.0 Å². The molecular weight excluding hydrogens is 380 g/mol. The number of thioether (sulfide) groups is 1. The predicted molar refractivity (Wildman–Crippen MR) is 120 cm³/mol. The average Bonchev–Trinajstić information content (AvgIpc) is 3.19. The molecule has 4 rings (SSSR count). The number of aromatic nitrogens is 1. The Hall–Kier alpha value is -2.79.